The number of halogens is 2. The normalized spacial score (nSPS) is 19.7. The lowest BCUT2D eigenvalue weighted by atomic mass is 9.95. The van der Waals surface area contributed by atoms with Crippen LogP contribution in [0.15, 0.2) is 35.3 Å². The lowest BCUT2D eigenvalue weighted by molar-refractivity contribution is -0.169. The van der Waals surface area contributed by atoms with E-state index in [-0.39, 0.29) is 64.0 Å². The minimum Gasteiger partial charge on any atom is -0.481 e. The summed E-state index contributed by atoms with van der Waals surface area (Å²) in [5.41, 5.74) is -2.32. The van der Waals surface area contributed by atoms with E-state index in [4.69, 9.17) is 51.6 Å². The Bertz CT molecular complexity index is 1620. The SMILES string of the molecule is COc1cc(Cl)c(COC2CCCCO2)c(CC(O)(c2nc(OC)cc(Cl)c2COC2CCCCO2)n2cccc(C#N)c2=O)n1. The van der Waals surface area contributed by atoms with Crippen LogP contribution in [0, 0.1) is 11.3 Å². The molecule has 3 aromatic heterocycles. The molecular formula is C32H36Cl2N4O8. The number of ether oxygens (including phenoxy) is 6. The average molecular weight is 676 g/mol. The zero-order chi connectivity index (χ0) is 32.7. The van der Waals surface area contributed by atoms with Gasteiger partial charge in [0.1, 0.15) is 17.3 Å². The molecule has 3 aromatic rings. The maximum atomic E-state index is 13.7. The van der Waals surface area contributed by atoms with Crippen LogP contribution in [0.3, 0.4) is 0 Å². The highest BCUT2D eigenvalue weighted by Gasteiger charge is 2.40. The second-order valence-electron chi connectivity index (χ2n) is 11.0. The summed E-state index contributed by atoms with van der Waals surface area (Å²) in [4.78, 5) is 22.9. The summed E-state index contributed by atoms with van der Waals surface area (Å²) in [6, 6.07) is 7.76. The fourth-order valence-corrected chi connectivity index (χ4v) is 5.98. The summed E-state index contributed by atoms with van der Waals surface area (Å²) < 4.78 is 35.5. The van der Waals surface area contributed by atoms with Gasteiger partial charge in [0.15, 0.2) is 18.3 Å². The molecule has 5 rings (SSSR count). The van der Waals surface area contributed by atoms with E-state index in [0.717, 1.165) is 36.7 Å². The molecular weight excluding hydrogens is 639 g/mol. The molecule has 2 saturated heterocycles. The van der Waals surface area contributed by atoms with Crippen molar-refractivity contribution < 1.29 is 33.5 Å². The van der Waals surface area contributed by atoms with Crippen molar-refractivity contribution in [3.8, 4) is 17.8 Å². The summed E-state index contributed by atoms with van der Waals surface area (Å²) in [5, 5.41) is 23.0. The first-order valence-electron chi connectivity index (χ1n) is 15.0. The van der Waals surface area contributed by atoms with Crippen LogP contribution in [0.4, 0.5) is 0 Å². The van der Waals surface area contributed by atoms with Gasteiger partial charge in [-0.3, -0.25) is 9.36 Å². The molecule has 246 valence electrons. The third-order valence-corrected chi connectivity index (χ3v) is 8.63. The molecule has 2 fully saturated rings. The summed E-state index contributed by atoms with van der Waals surface area (Å²) in [6.07, 6.45) is 5.27. The highest BCUT2D eigenvalue weighted by atomic mass is 35.5. The van der Waals surface area contributed by atoms with Crippen LogP contribution >= 0.6 is 23.2 Å². The fourth-order valence-electron chi connectivity index (χ4n) is 5.49. The molecule has 0 spiro atoms. The highest BCUT2D eigenvalue weighted by molar-refractivity contribution is 6.31. The molecule has 3 atom stereocenters. The van der Waals surface area contributed by atoms with Crippen molar-refractivity contribution in [2.75, 3.05) is 27.4 Å². The largest absolute Gasteiger partial charge is 0.481 e. The van der Waals surface area contributed by atoms with Crippen LogP contribution in [0.25, 0.3) is 0 Å². The number of pyridine rings is 3. The molecule has 46 heavy (non-hydrogen) atoms. The number of nitriles is 1. The first-order chi connectivity index (χ1) is 22.3. The van der Waals surface area contributed by atoms with E-state index in [1.165, 1.54) is 44.7 Å². The van der Waals surface area contributed by atoms with Crippen molar-refractivity contribution in [1.82, 2.24) is 14.5 Å². The first-order valence-corrected chi connectivity index (χ1v) is 15.8. The minimum atomic E-state index is -2.30. The van der Waals surface area contributed by atoms with Crippen LogP contribution < -0.4 is 15.0 Å². The van der Waals surface area contributed by atoms with Crippen molar-refractivity contribution >= 4 is 23.2 Å². The van der Waals surface area contributed by atoms with Crippen molar-refractivity contribution in [2.24, 2.45) is 0 Å². The molecule has 14 heteroatoms. The quantitative estimate of drug-likeness (QED) is 0.281. The Morgan fingerprint density at radius 1 is 0.978 bits per heavy atom. The number of methoxy groups -OCH3 is 2. The summed E-state index contributed by atoms with van der Waals surface area (Å²) in [7, 11) is 2.84. The van der Waals surface area contributed by atoms with Gasteiger partial charge in [-0.2, -0.15) is 5.26 Å². The molecule has 0 amide bonds. The van der Waals surface area contributed by atoms with Crippen molar-refractivity contribution in [2.45, 2.75) is 76.5 Å². The van der Waals surface area contributed by atoms with E-state index in [1.54, 1.807) is 0 Å². The van der Waals surface area contributed by atoms with Gasteiger partial charge in [0.2, 0.25) is 11.8 Å². The van der Waals surface area contributed by atoms with E-state index in [2.05, 4.69) is 9.97 Å². The molecule has 3 unspecified atom stereocenters. The monoisotopic (exact) mass is 674 g/mol. The van der Waals surface area contributed by atoms with Crippen LogP contribution in [0.1, 0.15) is 66.6 Å². The Morgan fingerprint density at radius 2 is 1.57 bits per heavy atom. The fraction of sp³-hybridized carbons (Fsp3) is 0.500. The zero-order valence-electron chi connectivity index (χ0n) is 25.7. The van der Waals surface area contributed by atoms with Gasteiger partial charge in [-0.05, 0) is 50.7 Å². The molecule has 2 aliphatic rings. The Balaban J connectivity index is 1.66. The molecule has 12 nitrogen and oxygen atoms in total. The third kappa shape index (κ3) is 7.64. The summed E-state index contributed by atoms with van der Waals surface area (Å²) in [5.74, 6) is 0.253. The van der Waals surface area contributed by atoms with E-state index in [9.17, 15) is 15.2 Å². The average Bonchev–Trinajstić information content (AvgIpc) is 3.07. The second-order valence-corrected chi connectivity index (χ2v) is 11.8. The molecule has 2 aliphatic heterocycles. The third-order valence-electron chi connectivity index (χ3n) is 7.96. The van der Waals surface area contributed by atoms with Gasteiger partial charge < -0.3 is 33.5 Å². The number of aromatic nitrogens is 3. The van der Waals surface area contributed by atoms with E-state index < -0.39 is 23.9 Å². The van der Waals surface area contributed by atoms with Crippen molar-refractivity contribution in [3.05, 3.63) is 78.9 Å². The smallest absolute Gasteiger partial charge is 0.271 e. The molecule has 0 aliphatic carbocycles. The van der Waals surface area contributed by atoms with Gasteiger partial charge in [-0.15, -0.1) is 0 Å². The van der Waals surface area contributed by atoms with Gasteiger partial charge >= 0.3 is 0 Å². The summed E-state index contributed by atoms with van der Waals surface area (Å²) in [6.45, 7) is 1.04. The molecule has 0 bridgehead atoms. The second kappa shape index (κ2) is 15.5. The number of aliphatic hydroxyl groups is 1. The standard InChI is InChI=1S/C32H36Cl2N4O8/c1-41-26-14-23(33)21(18-45-28-9-3-5-12-43-28)25(36-26)16-32(40,38-11-7-8-20(17-35)31(38)39)30-22(24(34)15-27(37-30)42-2)19-46-29-10-4-6-13-44-29/h7-8,11,14-15,28-29,40H,3-6,9-10,12-13,16,18-19H2,1-2H3. The van der Waals surface area contributed by atoms with Crippen LogP contribution in [-0.4, -0.2) is 59.7 Å². The van der Waals surface area contributed by atoms with Crippen LogP contribution in [-0.2, 0) is 44.3 Å². The lowest BCUT2D eigenvalue weighted by Gasteiger charge is -2.33. The Labute approximate surface area is 276 Å². The maximum absolute atomic E-state index is 13.7. The van der Waals surface area contributed by atoms with Crippen molar-refractivity contribution in [3.63, 3.8) is 0 Å². The first kappa shape index (κ1) is 34.1. The highest BCUT2D eigenvalue weighted by Crippen LogP contribution is 2.37. The maximum Gasteiger partial charge on any atom is 0.271 e. The number of hydrogen-bond donors (Lipinski definition) is 1. The lowest BCUT2D eigenvalue weighted by Crippen LogP contribution is -2.46. The molecule has 5 heterocycles. The number of nitrogens with zero attached hydrogens (tertiary/aromatic N) is 4. The molecule has 0 aromatic carbocycles. The topological polar surface area (TPSA) is 147 Å². The molecule has 0 radical (unpaired) electrons. The number of hydrogen-bond acceptors (Lipinski definition) is 11. The van der Waals surface area contributed by atoms with Crippen LogP contribution in [0.5, 0.6) is 11.8 Å². The Kier molecular flexibility index (Phi) is 11.5. The molecule has 0 saturated carbocycles. The van der Waals surface area contributed by atoms with E-state index in [0.29, 0.717) is 25.2 Å². The van der Waals surface area contributed by atoms with Gasteiger partial charge in [0.25, 0.3) is 5.56 Å². The molecule has 1 N–H and O–H groups in total. The van der Waals surface area contributed by atoms with Gasteiger partial charge in [0.05, 0.1) is 43.2 Å². The number of rotatable bonds is 12. The van der Waals surface area contributed by atoms with Gasteiger partial charge in [0, 0.05) is 49.1 Å². The predicted molar refractivity (Wildman–Crippen MR) is 167 cm³/mol. The van der Waals surface area contributed by atoms with Crippen LogP contribution in [0.2, 0.25) is 10.0 Å². The van der Waals surface area contributed by atoms with E-state index in [1.807, 2.05) is 6.07 Å². The van der Waals surface area contributed by atoms with E-state index >= 15 is 0 Å². The van der Waals surface area contributed by atoms with Gasteiger partial charge in [-0.25, -0.2) is 9.97 Å². The predicted octanol–water partition coefficient (Wildman–Crippen LogP) is 4.86. The van der Waals surface area contributed by atoms with Gasteiger partial charge in [-0.1, -0.05) is 23.2 Å². The Morgan fingerprint density at radius 3 is 2.13 bits per heavy atom. The Hall–Kier alpha value is -3.28. The summed E-state index contributed by atoms with van der Waals surface area (Å²) >= 11 is 13.5. The minimum absolute atomic E-state index is 0.000322. The zero-order valence-corrected chi connectivity index (χ0v) is 27.2. The van der Waals surface area contributed by atoms with Crippen molar-refractivity contribution in [1.29, 1.82) is 5.26 Å².